The van der Waals surface area contributed by atoms with Crippen molar-refractivity contribution in [3.63, 3.8) is 0 Å². The van der Waals surface area contributed by atoms with E-state index < -0.39 is 0 Å². The van der Waals surface area contributed by atoms with Crippen molar-refractivity contribution in [2.45, 2.75) is 31.3 Å². The summed E-state index contributed by atoms with van der Waals surface area (Å²) in [5.41, 5.74) is 1.31. The van der Waals surface area contributed by atoms with Crippen LogP contribution in [-0.2, 0) is 0 Å². The third-order valence-electron chi connectivity index (χ3n) is 2.23. The van der Waals surface area contributed by atoms with Gasteiger partial charge in [0, 0.05) is 11.4 Å². The van der Waals surface area contributed by atoms with E-state index in [9.17, 15) is 0 Å². The maximum atomic E-state index is 9.05. The number of aliphatic hydroxyl groups excluding tert-OH is 1. The first-order valence-electron chi connectivity index (χ1n) is 5.77. The summed E-state index contributed by atoms with van der Waals surface area (Å²) in [6.07, 6.45) is 0.885. The molecule has 0 radical (unpaired) electrons. The third kappa shape index (κ3) is 6.16. The van der Waals surface area contributed by atoms with Gasteiger partial charge < -0.3 is 10.4 Å². The van der Waals surface area contributed by atoms with Gasteiger partial charge >= 0.3 is 0 Å². The Labute approximate surface area is 102 Å². The average Bonchev–Trinajstić information content (AvgIpc) is 2.25. The molecule has 0 aliphatic heterocycles. The van der Waals surface area contributed by atoms with Crippen molar-refractivity contribution in [3.05, 3.63) is 29.8 Å². The topological polar surface area (TPSA) is 32.3 Å². The minimum atomic E-state index is -0.246. The Hall–Kier alpha value is -0.510. The highest BCUT2D eigenvalue weighted by atomic mass is 32.2. The van der Waals surface area contributed by atoms with Gasteiger partial charge in [-0.05, 0) is 44.7 Å². The SMILES string of the molecule is Cc1ccc(SCCCNC[C@H](C)O)cc1. The maximum Gasteiger partial charge on any atom is 0.0636 e. The first kappa shape index (κ1) is 13.6. The highest BCUT2D eigenvalue weighted by Gasteiger charge is 1.95. The van der Waals surface area contributed by atoms with Crippen molar-refractivity contribution < 1.29 is 5.11 Å². The summed E-state index contributed by atoms with van der Waals surface area (Å²) < 4.78 is 0. The third-order valence-corrected chi connectivity index (χ3v) is 3.33. The molecule has 0 fully saturated rings. The number of aliphatic hydroxyl groups is 1. The number of hydrogen-bond donors (Lipinski definition) is 2. The second kappa shape index (κ2) is 7.71. The number of aryl methyl sites for hydroxylation is 1. The van der Waals surface area contributed by atoms with Crippen LogP contribution in [0.15, 0.2) is 29.2 Å². The summed E-state index contributed by atoms with van der Waals surface area (Å²) in [6.45, 7) is 5.57. The zero-order valence-corrected chi connectivity index (χ0v) is 10.9. The molecule has 0 spiro atoms. The maximum absolute atomic E-state index is 9.05. The molecule has 1 atom stereocenters. The molecule has 1 aromatic carbocycles. The van der Waals surface area contributed by atoms with Crippen molar-refractivity contribution in [1.29, 1.82) is 0 Å². The van der Waals surface area contributed by atoms with Crippen molar-refractivity contribution in [1.82, 2.24) is 5.32 Å². The number of benzene rings is 1. The van der Waals surface area contributed by atoms with E-state index in [4.69, 9.17) is 5.11 Å². The zero-order valence-electron chi connectivity index (χ0n) is 10.1. The molecule has 0 aliphatic rings. The molecule has 16 heavy (non-hydrogen) atoms. The van der Waals surface area contributed by atoms with Crippen LogP contribution in [0, 0.1) is 6.92 Å². The summed E-state index contributed by atoms with van der Waals surface area (Å²) >= 11 is 1.89. The van der Waals surface area contributed by atoms with Crippen LogP contribution >= 0.6 is 11.8 Å². The lowest BCUT2D eigenvalue weighted by molar-refractivity contribution is 0.191. The van der Waals surface area contributed by atoms with Crippen LogP contribution in [0.2, 0.25) is 0 Å². The Morgan fingerprint density at radius 3 is 2.62 bits per heavy atom. The lowest BCUT2D eigenvalue weighted by Crippen LogP contribution is -2.25. The second-order valence-electron chi connectivity index (χ2n) is 4.07. The molecule has 3 heteroatoms. The number of nitrogens with one attached hydrogen (secondary N) is 1. The first-order valence-corrected chi connectivity index (χ1v) is 6.75. The van der Waals surface area contributed by atoms with E-state index in [1.165, 1.54) is 10.5 Å². The van der Waals surface area contributed by atoms with E-state index >= 15 is 0 Å². The van der Waals surface area contributed by atoms with Crippen molar-refractivity contribution >= 4 is 11.8 Å². The van der Waals surface area contributed by atoms with Crippen LogP contribution in [0.4, 0.5) is 0 Å². The van der Waals surface area contributed by atoms with E-state index in [0.29, 0.717) is 6.54 Å². The highest BCUT2D eigenvalue weighted by Crippen LogP contribution is 2.18. The van der Waals surface area contributed by atoms with E-state index in [1.54, 1.807) is 6.92 Å². The summed E-state index contributed by atoms with van der Waals surface area (Å²) in [5.74, 6) is 1.12. The molecule has 2 nitrogen and oxygen atoms in total. The van der Waals surface area contributed by atoms with E-state index in [2.05, 4.69) is 36.5 Å². The average molecular weight is 239 g/mol. The Balaban J connectivity index is 2.05. The van der Waals surface area contributed by atoms with Crippen molar-refractivity contribution in [2.24, 2.45) is 0 Å². The molecular weight excluding hydrogens is 218 g/mol. The number of hydrogen-bond acceptors (Lipinski definition) is 3. The quantitative estimate of drug-likeness (QED) is 0.566. The van der Waals surface area contributed by atoms with Crippen molar-refractivity contribution in [2.75, 3.05) is 18.8 Å². The van der Waals surface area contributed by atoms with Crippen molar-refractivity contribution in [3.8, 4) is 0 Å². The zero-order chi connectivity index (χ0) is 11.8. The van der Waals surface area contributed by atoms with Gasteiger partial charge in [-0.3, -0.25) is 0 Å². The van der Waals surface area contributed by atoms with Crippen LogP contribution in [-0.4, -0.2) is 30.1 Å². The summed E-state index contributed by atoms with van der Waals surface area (Å²) in [6, 6.07) is 8.63. The lowest BCUT2D eigenvalue weighted by atomic mass is 10.2. The van der Waals surface area contributed by atoms with Crippen LogP contribution in [0.3, 0.4) is 0 Å². The van der Waals surface area contributed by atoms with Gasteiger partial charge in [-0.25, -0.2) is 0 Å². The predicted octanol–water partition coefficient (Wildman–Crippen LogP) is 2.45. The molecule has 0 amide bonds. The van der Waals surface area contributed by atoms with Gasteiger partial charge in [0.05, 0.1) is 6.10 Å². The second-order valence-corrected chi connectivity index (χ2v) is 5.24. The summed E-state index contributed by atoms with van der Waals surface area (Å²) in [5, 5.41) is 12.3. The molecule has 0 aliphatic carbocycles. The van der Waals surface area contributed by atoms with Gasteiger partial charge in [0.15, 0.2) is 0 Å². The smallest absolute Gasteiger partial charge is 0.0636 e. The molecule has 90 valence electrons. The molecule has 1 rings (SSSR count). The van der Waals surface area contributed by atoms with Gasteiger partial charge in [-0.1, -0.05) is 17.7 Å². The Morgan fingerprint density at radius 1 is 1.31 bits per heavy atom. The molecule has 0 unspecified atom stereocenters. The van der Waals surface area contributed by atoms with Gasteiger partial charge in [0.25, 0.3) is 0 Å². The molecular formula is C13H21NOS. The van der Waals surface area contributed by atoms with Gasteiger partial charge in [0.2, 0.25) is 0 Å². The standard InChI is InChI=1S/C13H21NOS/c1-11-4-6-13(7-5-11)16-9-3-8-14-10-12(2)15/h4-7,12,14-15H,3,8-10H2,1-2H3/t12-/m0/s1. The molecule has 0 aromatic heterocycles. The fraction of sp³-hybridized carbons (Fsp3) is 0.538. The van der Waals surface area contributed by atoms with Gasteiger partial charge in [-0.2, -0.15) is 0 Å². The molecule has 0 heterocycles. The Kier molecular flexibility index (Phi) is 6.53. The summed E-state index contributed by atoms with van der Waals surface area (Å²) in [4.78, 5) is 1.33. The Morgan fingerprint density at radius 2 is 2.00 bits per heavy atom. The van der Waals surface area contributed by atoms with E-state index in [1.807, 2.05) is 11.8 Å². The fourth-order valence-corrected chi connectivity index (χ4v) is 2.19. The minimum Gasteiger partial charge on any atom is -0.392 e. The number of thioether (sulfide) groups is 1. The van der Waals surface area contributed by atoms with Crippen LogP contribution < -0.4 is 5.32 Å². The number of rotatable bonds is 7. The molecule has 1 aromatic rings. The van der Waals surface area contributed by atoms with Gasteiger partial charge in [0.1, 0.15) is 0 Å². The Bertz CT molecular complexity index is 284. The fourth-order valence-electron chi connectivity index (χ4n) is 1.33. The molecule has 0 bridgehead atoms. The van der Waals surface area contributed by atoms with Crippen LogP contribution in [0.1, 0.15) is 18.9 Å². The van der Waals surface area contributed by atoms with E-state index in [-0.39, 0.29) is 6.10 Å². The molecule has 0 saturated carbocycles. The van der Waals surface area contributed by atoms with Crippen LogP contribution in [0.5, 0.6) is 0 Å². The van der Waals surface area contributed by atoms with E-state index in [0.717, 1.165) is 18.7 Å². The highest BCUT2D eigenvalue weighted by molar-refractivity contribution is 7.99. The lowest BCUT2D eigenvalue weighted by Gasteiger charge is -2.06. The molecule has 0 saturated heterocycles. The first-order chi connectivity index (χ1) is 7.68. The molecule has 2 N–H and O–H groups in total. The monoisotopic (exact) mass is 239 g/mol. The minimum absolute atomic E-state index is 0.246. The summed E-state index contributed by atoms with van der Waals surface area (Å²) in [7, 11) is 0. The van der Waals surface area contributed by atoms with Gasteiger partial charge in [-0.15, -0.1) is 11.8 Å². The normalized spacial score (nSPS) is 12.7. The van der Waals surface area contributed by atoms with Crippen LogP contribution in [0.25, 0.3) is 0 Å². The largest absolute Gasteiger partial charge is 0.392 e. The predicted molar refractivity (Wildman–Crippen MR) is 71.1 cm³/mol.